The molecule has 4 rings (SSSR count). The average Bonchev–Trinajstić information content (AvgIpc) is 3.25. The van der Waals surface area contributed by atoms with Crippen LogP contribution in [-0.4, -0.2) is 55.2 Å². The molecule has 1 unspecified atom stereocenters. The number of carbonyl (C=O) groups excluding carboxylic acids is 2. The van der Waals surface area contributed by atoms with Crippen molar-refractivity contribution in [1.29, 1.82) is 0 Å². The standard InChI is InChI=1S/C52H73FO7/c1-8-11-12-15-38-18-20-40(21-19-38)41-22-25-47(48(53)33-41)42-23-24-46(39(9-2)30-42)45-31-43(16-13-27-59-50(56)36(4)5)49(58-29-26-52(10-3,34-54)35-55)44(32-45)17-14-28-60-51(57)37(6)7/h23-25,30-33,38,40-41,54-55H,4,6,8-22,26-29,34-35H2,1-3,5,7H3. The summed E-state index contributed by atoms with van der Waals surface area (Å²) in [5.74, 6) is 1.36. The van der Waals surface area contributed by atoms with Crippen LogP contribution in [0, 0.1) is 23.2 Å². The van der Waals surface area contributed by atoms with E-state index in [1.54, 1.807) is 13.8 Å². The van der Waals surface area contributed by atoms with Crippen molar-refractivity contribution in [1.82, 2.24) is 0 Å². The predicted molar refractivity (Wildman–Crippen MR) is 241 cm³/mol. The summed E-state index contributed by atoms with van der Waals surface area (Å²) in [5.41, 5.74) is 6.56. The zero-order valence-corrected chi connectivity index (χ0v) is 37.4. The van der Waals surface area contributed by atoms with E-state index in [0.29, 0.717) is 66.9 Å². The minimum Gasteiger partial charge on any atom is -0.493 e. The van der Waals surface area contributed by atoms with Gasteiger partial charge in [-0.25, -0.2) is 14.0 Å². The molecule has 0 saturated heterocycles. The van der Waals surface area contributed by atoms with Gasteiger partial charge in [0, 0.05) is 22.1 Å². The lowest BCUT2D eigenvalue weighted by atomic mass is 9.72. The van der Waals surface area contributed by atoms with E-state index in [-0.39, 0.29) is 44.8 Å². The Bertz CT molecular complexity index is 1750. The van der Waals surface area contributed by atoms with Crippen LogP contribution in [0.1, 0.15) is 140 Å². The van der Waals surface area contributed by atoms with Crippen molar-refractivity contribution in [2.45, 2.75) is 137 Å². The molecular weight excluding hydrogens is 756 g/mol. The second-order valence-electron chi connectivity index (χ2n) is 17.5. The molecule has 0 spiro atoms. The first kappa shape index (κ1) is 48.7. The minimum absolute atomic E-state index is 0.119. The number of allylic oxidation sites excluding steroid dienone is 4. The fraction of sp³-hybridized carbons (Fsp3) is 0.577. The zero-order chi connectivity index (χ0) is 43.7. The van der Waals surface area contributed by atoms with Crippen LogP contribution in [0.4, 0.5) is 4.39 Å². The summed E-state index contributed by atoms with van der Waals surface area (Å²) in [7, 11) is 0. The van der Waals surface area contributed by atoms with Crippen LogP contribution in [0.25, 0.3) is 16.7 Å². The summed E-state index contributed by atoms with van der Waals surface area (Å²) in [6.07, 6.45) is 19.0. The maximum atomic E-state index is 16.0. The highest BCUT2D eigenvalue weighted by Crippen LogP contribution is 2.43. The Labute approximate surface area is 360 Å². The highest BCUT2D eigenvalue weighted by Gasteiger charge is 2.30. The molecular formula is C52H73FO7. The molecule has 1 fully saturated rings. The lowest BCUT2D eigenvalue weighted by Crippen LogP contribution is -2.31. The van der Waals surface area contributed by atoms with Crippen molar-refractivity contribution in [3.63, 3.8) is 0 Å². The molecule has 8 heteroatoms. The second-order valence-corrected chi connectivity index (χ2v) is 17.5. The Balaban J connectivity index is 1.64. The topological polar surface area (TPSA) is 102 Å². The van der Waals surface area contributed by atoms with E-state index in [1.807, 2.05) is 19.1 Å². The Hall–Kier alpha value is -4.01. The van der Waals surface area contributed by atoms with Gasteiger partial charge in [0.15, 0.2) is 0 Å². The number of rotatable bonds is 25. The molecule has 0 amide bonds. The van der Waals surface area contributed by atoms with E-state index < -0.39 is 17.4 Å². The van der Waals surface area contributed by atoms with Crippen LogP contribution in [-0.2, 0) is 38.3 Å². The Morgan fingerprint density at radius 1 is 0.800 bits per heavy atom. The SMILES string of the molecule is C=C(C)C(=O)OCCCc1cc(-c2ccc(C3=CCC(C4CCC(CCCCC)CC4)C=C3F)cc2CC)cc(CCCOC(=O)C(=C)C)c1OCCC(CC)(CO)CO. The quantitative estimate of drug-likeness (QED) is 0.0584. The third-order valence-electron chi connectivity index (χ3n) is 12.9. The van der Waals surface area contributed by atoms with Gasteiger partial charge >= 0.3 is 11.9 Å². The maximum absolute atomic E-state index is 16.0. The first-order valence-electron chi connectivity index (χ1n) is 22.8. The summed E-state index contributed by atoms with van der Waals surface area (Å²) >= 11 is 0. The van der Waals surface area contributed by atoms with Crippen LogP contribution in [0.3, 0.4) is 0 Å². The number of aliphatic hydroxyl groups excluding tert-OH is 2. The Kier molecular flexibility index (Phi) is 19.8. The highest BCUT2D eigenvalue weighted by molar-refractivity contribution is 5.87. The molecule has 0 bridgehead atoms. The van der Waals surface area contributed by atoms with Gasteiger partial charge in [0.2, 0.25) is 0 Å². The monoisotopic (exact) mass is 829 g/mol. The zero-order valence-electron chi connectivity index (χ0n) is 37.4. The first-order valence-corrected chi connectivity index (χ1v) is 22.8. The number of halogens is 1. The number of hydrogen-bond donors (Lipinski definition) is 2. The lowest BCUT2D eigenvalue weighted by Gasteiger charge is -2.33. The van der Waals surface area contributed by atoms with E-state index in [2.05, 4.69) is 57.3 Å². The minimum atomic E-state index is -0.665. The predicted octanol–water partition coefficient (Wildman–Crippen LogP) is 11.8. The van der Waals surface area contributed by atoms with E-state index in [1.165, 1.54) is 51.4 Å². The van der Waals surface area contributed by atoms with Crippen molar-refractivity contribution in [2.75, 3.05) is 33.0 Å². The van der Waals surface area contributed by atoms with Gasteiger partial charge in [0.25, 0.3) is 0 Å². The maximum Gasteiger partial charge on any atom is 0.333 e. The molecule has 330 valence electrons. The summed E-state index contributed by atoms with van der Waals surface area (Å²) in [4.78, 5) is 24.4. The number of esters is 2. The summed E-state index contributed by atoms with van der Waals surface area (Å²) in [5, 5.41) is 20.3. The largest absolute Gasteiger partial charge is 0.493 e. The van der Waals surface area contributed by atoms with Crippen LogP contribution in [0.5, 0.6) is 5.75 Å². The summed E-state index contributed by atoms with van der Waals surface area (Å²) in [6, 6.07) is 10.5. The van der Waals surface area contributed by atoms with Gasteiger partial charge < -0.3 is 24.4 Å². The van der Waals surface area contributed by atoms with Crippen molar-refractivity contribution in [2.24, 2.45) is 23.2 Å². The van der Waals surface area contributed by atoms with Crippen LogP contribution in [0.2, 0.25) is 0 Å². The van der Waals surface area contributed by atoms with E-state index in [0.717, 1.165) is 52.1 Å². The van der Waals surface area contributed by atoms with Gasteiger partial charge in [-0.05, 0) is 147 Å². The number of unbranched alkanes of at least 4 members (excludes halogenated alkanes) is 2. The van der Waals surface area contributed by atoms with E-state index in [4.69, 9.17) is 14.2 Å². The summed E-state index contributed by atoms with van der Waals surface area (Å²) < 4.78 is 33.5. The molecule has 0 aliphatic heterocycles. The number of aliphatic hydroxyl groups is 2. The summed E-state index contributed by atoms with van der Waals surface area (Å²) in [6.45, 7) is 17.3. The van der Waals surface area contributed by atoms with Gasteiger partial charge in [-0.3, -0.25) is 0 Å². The van der Waals surface area contributed by atoms with Crippen LogP contribution < -0.4 is 4.74 Å². The number of ether oxygens (including phenoxy) is 3. The fourth-order valence-electron chi connectivity index (χ4n) is 8.75. The molecule has 0 radical (unpaired) electrons. The van der Waals surface area contributed by atoms with Gasteiger partial charge in [-0.15, -0.1) is 0 Å². The average molecular weight is 829 g/mol. The van der Waals surface area contributed by atoms with Gasteiger partial charge in [0.1, 0.15) is 11.6 Å². The Morgan fingerprint density at radius 2 is 1.40 bits per heavy atom. The molecule has 2 N–H and O–H groups in total. The Morgan fingerprint density at radius 3 is 1.92 bits per heavy atom. The molecule has 2 aliphatic rings. The fourth-order valence-corrected chi connectivity index (χ4v) is 8.75. The van der Waals surface area contributed by atoms with Gasteiger partial charge in [-0.2, -0.15) is 0 Å². The van der Waals surface area contributed by atoms with Crippen molar-refractivity contribution in [3.05, 3.63) is 94.9 Å². The molecule has 1 atom stereocenters. The molecule has 60 heavy (non-hydrogen) atoms. The van der Waals surface area contributed by atoms with Crippen LogP contribution >= 0.6 is 0 Å². The lowest BCUT2D eigenvalue weighted by molar-refractivity contribution is -0.139. The molecule has 7 nitrogen and oxygen atoms in total. The molecule has 2 aromatic rings. The van der Waals surface area contributed by atoms with Crippen molar-refractivity contribution in [3.8, 4) is 16.9 Å². The normalized spacial score (nSPS) is 18.0. The van der Waals surface area contributed by atoms with Crippen molar-refractivity contribution < 1.29 is 38.4 Å². The second kappa shape index (κ2) is 24.4. The smallest absolute Gasteiger partial charge is 0.333 e. The van der Waals surface area contributed by atoms with E-state index in [9.17, 15) is 19.8 Å². The molecule has 2 aliphatic carbocycles. The third kappa shape index (κ3) is 13.8. The highest BCUT2D eigenvalue weighted by atomic mass is 19.1. The third-order valence-corrected chi connectivity index (χ3v) is 12.9. The molecule has 2 aromatic carbocycles. The number of hydrogen-bond acceptors (Lipinski definition) is 7. The first-order chi connectivity index (χ1) is 28.9. The van der Waals surface area contributed by atoms with Gasteiger partial charge in [0.05, 0.1) is 33.0 Å². The van der Waals surface area contributed by atoms with Crippen LogP contribution in [0.15, 0.2) is 72.6 Å². The molecule has 1 saturated carbocycles. The molecule has 0 heterocycles. The molecule has 0 aromatic heterocycles. The number of benzene rings is 2. The number of aryl methyl sites for hydroxylation is 3. The number of carbonyl (C=O) groups is 2. The van der Waals surface area contributed by atoms with E-state index >= 15 is 4.39 Å². The van der Waals surface area contributed by atoms with Gasteiger partial charge in [-0.1, -0.05) is 96.7 Å². The van der Waals surface area contributed by atoms with Crippen molar-refractivity contribution >= 4 is 17.5 Å².